The molecule has 1 fully saturated rings. The van der Waals surface area contributed by atoms with E-state index in [1.54, 1.807) is 18.2 Å². The van der Waals surface area contributed by atoms with Gasteiger partial charge < -0.3 is 36.0 Å². The van der Waals surface area contributed by atoms with Gasteiger partial charge in [-0.25, -0.2) is 18.2 Å². The highest BCUT2D eigenvalue weighted by Gasteiger charge is 2.57. The van der Waals surface area contributed by atoms with Crippen LogP contribution in [0.2, 0.25) is 0 Å². The largest absolute Gasteiger partial charge is 0.724 e. The van der Waals surface area contributed by atoms with E-state index in [0.717, 1.165) is 22.2 Å². The SMILES string of the molecule is CC(N)C[n+]1cc2cc(OC[C@H](O/N=C(\C(=O)NC3C(=O)N(OS(=O)(=O)[O-])C3(C)C)c3csc(N)n3)C(=O)O)ccc2n1C. The number of carbonyl (C=O) groups is 3. The number of carboxylic acids is 1. The van der Waals surface area contributed by atoms with Crippen molar-refractivity contribution in [3.63, 3.8) is 0 Å². The van der Waals surface area contributed by atoms with Crippen LogP contribution in [0.25, 0.3) is 10.9 Å². The molecule has 1 aliphatic heterocycles. The van der Waals surface area contributed by atoms with Crippen molar-refractivity contribution in [1.29, 1.82) is 0 Å². The molecule has 3 heterocycles. The van der Waals surface area contributed by atoms with Gasteiger partial charge in [-0.1, -0.05) is 5.16 Å². The van der Waals surface area contributed by atoms with Crippen molar-refractivity contribution < 1.29 is 51.0 Å². The van der Waals surface area contributed by atoms with Gasteiger partial charge in [0.25, 0.3) is 17.9 Å². The molecule has 3 aromatic rings. The molecule has 0 saturated carbocycles. The maximum Gasteiger partial charge on any atom is 0.351 e. The van der Waals surface area contributed by atoms with Gasteiger partial charge in [0.2, 0.25) is 16.6 Å². The molecule has 2 amide bonds. The number of nitrogen functional groups attached to an aromatic ring is 1. The lowest BCUT2D eigenvalue weighted by molar-refractivity contribution is -0.772. The molecule has 6 N–H and O–H groups in total. The number of thiazole rings is 1. The molecule has 1 aromatic carbocycles. The Labute approximate surface area is 254 Å². The van der Waals surface area contributed by atoms with Crippen LogP contribution in [0.15, 0.2) is 34.9 Å². The Morgan fingerprint density at radius 1 is 1.36 bits per heavy atom. The summed E-state index contributed by atoms with van der Waals surface area (Å²) >= 11 is 0.953. The maximum absolute atomic E-state index is 13.2. The number of aromatic nitrogens is 3. The van der Waals surface area contributed by atoms with Gasteiger partial charge in [-0.15, -0.1) is 16.0 Å². The molecule has 2 unspecified atom stereocenters. The zero-order valence-corrected chi connectivity index (χ0v) is 25.5. The highest BCUT2D eigenvalue weighted by molar-refractivity contribution is 7.80. The number of amides is 2. The molecular weight excluding hydrogens is 624 g/mol. The number of ether oxygens (including phenoxy) is 1. The Morgan fingerprint density at radius 3 is 2.64 bits per heavy atom. The molecule has 0 bridgehead atoms. The molecule has 0 radical (unpaired) electrons. The van der Waals surface area contributed by atoms with Crippen molar-refractivity contribution in [2.45, 2.75) is 51.0 Å². The van der Waals surface area contributed by atoms with Gasteiger partial charge in [-0.05, 0) is 39.0 Å². The molecule has 20 heteroatoms. The van der Waals surface area contributed by atoms with Gasteiger partial charge in [-0.2, -0.15) is 14.0 Å². The van der Waals surface area contributed by atoms with Crippen LogP contribution < -0.4 is 26.2 Å². The third-order valence-electron chi connectivity index (χ3n) is 6.54. The van der Waals surface area contributed by atoms with Crippen LogP contribution in [0.3, 0.4) is 0 Å². The van der Waals surface area contributed by atoms with E-state index in [2.05, 4.69) is 19.7 Å². The smallest absolute Gasteiger partial charge is 0.351 e. The first kappa shape index (κ1) is 32.5. The first-order valence-electron chi connectivity index (χ1n) is 12.8. The minimum absolute atomic E-state index is 0.0532. The van der Waals surface area contributed by atoms with Crippen LogP contribution in [0.1, 0.15) is 26.5 Å². The minimum atomic E-state index is -5.26. The normalized spacial score (nSPS) is 18.0. The number of hydrogen-bond donors (Lipinski definition) is 4. The Hall–Kier alpha value is -4.37. The van der Waals surface area contributed by atoms with Gasteiger partial charge in [0.1, 0.15) is 29.6 Å². The Morgan fingerprint density at radius 2 is 2.07 bits per heavy atom. The molecule has 1 aliphatic rings. The van der Waals surface area contributed by atoms with E-state index in [4.69, 9.17) is 21.0 Å². The molecule has 0 aliphatic carbocycles. The number of benzene rings is 1. The zero-order chi connectivity index (χ0) is 32.6. The second-order valence-electron chi connectivity index (χ2n) is 10.4. The van der Waals surface area contributed by atoms with E-state index in [-0.39, 0.29) is 16.9 Å². The number of anilines is 1. The van der Waals surface area contributed by atoms with E-state index in [9.17, 15) is 32.5 Å². The topological polar surface area (TPSA) is 258 Å². The van der Waals surface area contributed by atoms with Crippen LogP contribution in [0, 0.1) is 0 Å². The lowest BCUT2D eigenvalue weighted by Gasteiger charge is -2.51. The van der Waals surface area contributed by atoms with E-state index in [0.29, 0.717) is 17.4 Å². The first-order valence-corrected chi connectivity index (χ1v) is 15.0. The highest BCUT2D eigenvalue weighted by Crippen LogP contribution is 2.33. The zero-order valence-electron chi connectivity index (χ0n) is 23.9. The number of nitrogens with one attached hydrogen (secondary N) is 1. The predicted molar refractivity (Wildman–Crippen MR) is 151 cm³/mol. The van der Waals surface area contributed by atoms with E-state index in [1.165, 1.54) is 19.2 Å². The number of nitrogens with zero attached hydrogens (tertiary/aromatic N) is 5. The van der Waals surface area contributed by atoms with E-state index >= 15 is 0 Å². The molecular formula is C24H30N8O10S2. The average Bonchev–Trinajstić information content (AvgIpc) is 3.48. The van der Waals surface area contributed by atoms with E-state index in [1.807, 2.05) is 29.5 Å². The number of nitrogens with two attached hydrogens (primary N) is 2. The molecule has 1 saturated heterocycles. The van der Waals surface area contributed by atoms with Crippen molar-refractivity contribution in [2.75, 3.05) is 12.3 Å². The summed E-state index contributed by atoms with van der Waals surface area (Å²) in [5.74, 6) is -3.18. The fourth-order valence-corrected chi connectivity index (χ4v) is 5.32. The number of carboxylic acid groups (broad SMARTS) is 1. The Balaban J connectivity index is 1.50. The fourth-order valence-electron chi connectivity index (χ4n) is 4.33. The average molecular weight is 655 g/mol. The van der Waals surface area contributed by atoms with Gasteiger partial charge in [0, 0.05) is 5.38 Å². The van der Waals surface area contributed by atoms with Gasteiger partial charge in [-0.3, -0.25) is 9.59 Å². The monoisotopic (exact) mass is 654 g/mol. The first-order chi connectivity index (χ1) is 20.5. The van der Waals surface area contributed by atoms with Crippen LogP contribution in [0.4, 0.5) is 5.13 Å². The highest BCUT2D eigenvalue weighted by atomic mass is 32.3. The summed E-state index contributed by atoms with van der Waals surface area (Å²) in [4.78, 5) is 46.7. The second-order valence-corrected chi connectivity index (χ2v) is 12.3. The van der Waals surface area contributed by atoms with Crippen LogP contribution in [-0.4, -0.2) is 86.6 Å². The summed E-state index contributed by atoms with van der Waals surface area (Å²) in [6, 6.07) is 3.74. The molecule has 238 valence electrons. The number of hydrogen-bond acceptors (Lipinski definition) is 14. The number of carbonyl (C=O) groups excluding carboxylic acids is 2. The third kappa shape index (κ3) is 7.05. The molecule has 2 aromatic heterocycles. The van der Waals surface area contributed by atoms with E-state index < -0.39 is 58.2 Å². The molecule has 0 spiro atoms. The van der Waals surface area contributed by atoms with Crippen molar-refractivity contribution in [3.8, 4) is 5.75 Å². The van der Waals surface area contributed by atoms with Gasteiger partial charge in [0.05, 0.1) is 24.0 Å². The fraction of sp³-hybridized carbons (Fsp3) is 0.417. The summed E-state index contributed by atoms with van der Waals surface area (Å²) < 4.78 is 46.6. The summed E-state index contributed by atoms with van der Waals surface area (Å²) in [5, 5.41) is 18.3. The van der Waals surface area contributed by atoms with Gasteiger partial charge >= 0.3 is 5.97 Å². The Kier molecular flexibility index (Phi) is 9.11. The van der Waals surface area contributed by atoms with Gasteiger partial charge in [0.15, 0.2) is 17.4 Å². The lowest BCUT2D eigenvalue weighted by atomic mass is 9.84. The predicted octanol–water partition coefficient (Wildman–Crippen LogP) is -1.40. The molecule has 44 heavy (non-hydrogen) atoms. The second kappa shape index (κ2) is 12.3. The molecule has 3 atom stereocenters. The maximum atomic E-state index is 13.2. The van der Waals surface area contributed by atoms with Crippen LogP contribution >= 0.6 is 11.3 Å². The van der Waals surface area contributed by atoms with Crippen molar-refractivity contribution >= 4 is 61.3 Å². The number of fused-ring (bicyclic) bond motifs is 1. The van der Waals surface area contributed by atoms with Crippen molar-refractivity contribution in [2.24, 2.45) is 17.9 Å². The number of hydroxylamine groups is 2. The summed E-state index contributed by atoms with van der Waals surface area (Å²) in [7, 11) is -3.38. The quantitative estimate of drug-likeness (QED) is 0.0413. The summed E-state index contributed by atoms with van der Waals surface area (Å²) in [6.07, 6.45) is 0.195. The third-order valence-corrected chi connectivity index (χ3v) is 7.55. The van der Waals surface area contributed by atoms with Crippen LogP contribution in [0.5, 0.6) is 5.75 Å². The number of β-lactam (4-membered cyclic amide) rings is 1. The summed E-state index contributed by atoms with van der Waals surface area (Å²) in [6.45, 7) is 4.63. The minimum Gasteiger partial charge on any atom is -0.724 e. The lowest BCUT2D eigenvalue weighted by Crippen LogP contribution is -2.76. The number of aliphatic carboxylic acids is 1. The molecule has 18 nitrogen and oxygen atoms in total. The van der Waals surface area contributed by atoms with Crippen molar-refractivity contribution in [3.05, 3.63) is 35.5 Å². The summed E-state index contributed by atoms with van der Waals surface area (Å²) in [5.41, 5.74) is 10.4. The van der Waals surface area contributed by atoms with Crippen molar-refractivity contribution in [1.82, 2.24) is 20.0 Å². The standard InChI is InChI=1S/C24H30N8O10S2/c1-12(25)8-31-9-13-7-14(5-6-16(13)30(31)4)40-10-17(22(35)36)41-29-18(15-11-43-23(26)27-15)20(33)28-19-21(34)32(24(19,2)3)42-44(37,38)39/h5-7,9,11-12,17,19H,8,10,25H2,1-4H3,(H4-,26,27,28,33,35,36,37,38,39)/b29-18-/t12?,17-,19?/m0/s1. The number of aryl methyl sites for hydroxylation is 1. The Bertz CT molecular complexity index is 1730. The number of rotatable bonds is 13. The number of oxime groups is 1. The van der Waals surface area contributed by atoms with Crippen LogP contribution in [-0.2, 0) is 47.5 Å². The molecule has 4 rings (SSSR count).